The maximum atomic E-state index is 9.77. The van der Waals surface area contributed by atoms with Crippen LogP contribution in [-0.2, 0) is 13.1 Å². The van der Waals surface area contributed by atoms with Crippen molar-refractivity contribution in [1.29, 1.82) is 0 Å². The fourth-order valence-corrected chi connectivity index (χ4v) is 2.53. The molecular formula is C19H26N2O. The van der Waals surface area contributed by atoms with Gasteiger partial charge in [0, 0.05) is 26.2 Å². The van der Waals surface area contributed by atoms with Crippen LogP contribution < -0.4 is 0 Å². The zero-order valence-electron chi connectivity index (χ0n) is 13.8. The van der Waals surface area contributed by atoms with E-state index in [-0.39, 0.29) is 0 Å². The molecule has 2 aromatic rings. The molecule has 0 aromatic heterocycles. The molecule has 0 amide bonds. The fourth-order valence-electron chi connectivity index (χ4n) is 2.53. The van der Waals surface area contributed by atoms with Crippen molar-refractivity contribution < 1.29 is 5.11 Å². The Labute approximate surface area is 133 Å². The van der Waals surface area contributed by atoms with E-state index in [0.717, 1.165) is 31.7 Å². The minimum Gasteiger partial charge on any atom is -0.508 e. The highest BCUT2D eigenvalue weighted by molar-refractivity contribution is 5.37. The Morgan fingerprint density at radius 3 is 2.14 bits per heavy atom. The number of nitrogens with zero attached hydrogens (tertiary/aromatic N) is 2. The summed E-state index contributed by atoms with van der Waals surface area (Å²) >= 11 is 0. The van der Waals surface area contributed by atoms with Crippen molar-refractivity contribution in [3.63, 3.8) is 0 Å². The zero-order valence-corrected chi connectivity index (χ0v) is 13.8. The lowest BCUT2D eigenvalue weighted by Gasteiger charge is -2.23. The Kier molecular flexibility index (Phi) is 5.99. The highest BCUT2D eigenvalue weighted by Gasteiger charge is 2.07. The molecule has 3 nitrogen and oxygen atoms in total. The van der Waals surface area contributed by atoms with Crippen molar-refractivity contribution in [2.45, 2.75) is 20.0 Å². The predicted octanol–water partition coefficient (Wildman–Crippen LogP) is 3.26. The van der Waals surface area contributed by atoms with Gasteiger partial charge < -0.3 is 14.9 Å². The maximum Gasteiger partial charge on any atom is 0.118 e. The molecule has 3 heteroatoms. The summed E-state index contributed by atoms with van der Waals surface area (Å²) in [5.41, 5.74) is 3.51. The van der Waals surface area contributed by atoms with Crippen molar-refractivity contribution in [2.24, 2.45) is 0 Å². The molecule has 0 saturated carbocycles. The van der Waals surface area contributed by atoms with Crippen LogP contribution in [0.15, 0.2) is 48.5 Å². The van der Waals surface area contributed by atoms with Crippen LogP contribution in [0.5, 0.6) is 5.75 Å². The molecule has 0 heterocycles. The summed E-state index contributed by atoms with van der Waals surface area (Å²) in [6.45, 7) is 5.82. The van der Waals surface area contributed by atoms with Gasteiger partial charge in [0.1, 0.15) is 5.75 Å². The number of phenolic OH excluding ortho intramolecular Hbond substituents is 1. The lowest BCUT2D eigenvalue weighted by molar-refractivity contribution is 0.246. The third-order valence-electron chi connectivity index (χ3n) is 4.02. The number of hydrogen-bond acceptors (Lipinski definition) is 3. The molecular weight excluding hydrogens is 272 g/mol. The molecule has 0 atom stereocenters. The Morgan fingerprint density at radius 1 is 0.818 bits per heavy atom. The molecule has 2 aromatic carbocycles. The first-order valence-corrected chi connectivity index (χ1v) is 7.74. The number of hydrogen-bond donors (Lipinski definition) is 1. The third-order valence-corrected chi connectivity index (χ3v) is 4.02. The molecule has 0 fully saturated rings. The van der Waals surface area contributed by atoms with Crippen LogP contribution >= 0.6 is 0 Å². The molecule has 0 radical (unpaired) electrons. The largest absolute Gasteiger partial charge is 0.508 e. The van der Waals surface area contributed by atoms with E-state index in [0.29, 0.717) is 5.75 Å². The van der Waals surface area contributed by atoms with Gasteiger partial charge in [0.05, 0.1) is 0 Å². The lowest BCUT2D eigenvalue weighted by Crippen LogP contribution is -2.30. The highest BCUT2D eigenvalue weighted by atomic mass is 16.3. The van der Waals surface area contributed by atoms with Crippen molar-refractivity contribution in [3.05, 3.63) is 65.2 Å². The van der Waals surface area contributed by atoms with Gasteiger partial charge in [0.15, 0.2) is 0 Å². The Morgan fingerprint density at radius 2 is 1.45 bits per heavy atom. The molecule has 2 rings (SSSR count). The molecule has 0 bridgehead atoms. The molecule has 0 aliphatic heterocycles. The summed E-state index contributed by atoms with van der Waals surface area (Å²) in [6, 6.07) is 16.3. The van der Waals surface area contributed by atoms with E-state index < -0.39 is 0 Å². The van der Waals surface area contributed by atoms with Crippen molar-refractivity contribution in [1.82, 2.24) is 9.80 Å². The number of benzene rings is 2. The van der Waals surface area contributed by atoms with Crippen LogP contribution in [0.3, 0.4) is 0 Å². The molecule has 0 spiro atoms. The minimum absolute atomic E-state index is 0.382. The summed E-state index contributed by atoms with van der Waals surface area (Å²) in [4.78, 5) is 4.63. The Bertz CT molecular complexity index is 583. The van der Waals surface area contributed by atoms with Gasteiger partial charge >= 0.3 is 0 Å². The van der Waals surface area contributed by atoms with Crippen LogP contribution in [-0.4, -0.2) is 42.1 Å². The second kappa shape index (κ2) is 7.97. The average molecular weight is 298 g/mol. The summed E-state index contributed by atoms with van der Waals surface area (Å²) in [7, 11) is 4.28. The molecule has 22 heavy (non-hydrogen) atoms. The molecule has 118 valence electrons. The summed E-state index contributed by atoms with van der Waals surface area (Å²) in [6.07, 6.45) is 0. The van der Waals surface area contributed by atoms with Crippen LogP contribution in [0.4, 0.5) is 0 Å². The van der Waals surface area contributed by atoms with Crippen molar-refractivity contribution >= 4 is 0 Å². The van der Waals surface area contributed by atoms with Gasteiger partial charge in [0.25, 0.3) is 0 Å². The summed E-state index contributed by atoms with van der Waals surface area (Å²) in [5, 5.41) is 9.77. The van der Waals surface area contributed by atoms with Crippen LogP contribution in [0.1, 0.15) is 16.7 Å². The van der Waals surface area contributed by atoms with E-state index in [4.69, 9.17) is 0 Å². The average Bonchev–Trinajstić information content (AvgIpc) is 2.51. The van der Waals surface area contributed by atoms with Crippen LogP contribution in [0.2, 0.25) is 0 Å². The van der Waals surface area contributed by atoms with Gasteiger partial charge in [0.2, 0.25) is 0 Å². The monoisotopic (exact) mass is 298 g/mol. The van der Waals surface area contributed by atoms with Gasteiger partial charge in [-0.1, -0.05) is 42.5 Å². The second-order valence-electron chi connectivity index (χ2n) is 6.02. The fraction of sp³-hybridized carbons (Fsp3) is 0.368. The number of likely N-dealkylation sites (N-methyl/N-ethyl adjacent to an activating group) is 2. The molecule has 0 aliphatic carbocycles. The lowest BCUT2D eigenvalue weighted by atomic mass is 10.1. The Balaban J connectivity index is 1.80. The van der Waals surface area contributed by atoms with Gasteiger partial charge in [-0.05, 0) is 43.8 Å². The van der Waals surface area contributed by atoms with Gasteiger partial charge in [-0.2, -0.15) is 0 Å². The van der Waals surface area contributed by atoms with E-state index in [1.165, 1.54) is 11.1 Å². The third kappa shape index (κ3) is 4.86. The van der Waals surface area contributed by atoms with Crippen LogP contribution in [0, 0.1) is 6.92 Å². The number of aromatic hydroxyl groups is 1. The van der Waals surface area contributed by atoms with Gasteiger partial charge in [-0.15, -0.1) is 0 Å². The second-order valence-corrected chi connectivity index (χ2v) is 6.02. The number of rotatable bonds is 7. The van der Waals surface area contributed by atoms with Gasteiger partial charge in [-0.25, -0.2) is 0 Å². The normalized spacial score (nSPS) is 11.3. The Hall–Kier alpha value is -1.84. The van der Waals surface area contributed by atoms with Crippen LogP contribution in [0.25, 0.3) is 0 Å². The summed E-state index contributed by atoms with van der Waals surface area (Å²) < 4.78 is 0. The predicted molar refractivity (Wildman–Crippen MR) is 92.0 cm³/mol. The quantitative estimate of drug-likeness (QED) is 0.850. The zero-order chi connectivity index (χ0) is 15.9. The van der Waals surface area contributed by atoms with E-state index >= 15 is 0 Å². The van der Waals surface area contributed by atoms with Gasteiger partial charge in [-0.3, -0.25) is 0 Å². The molecule has 0 unspecified atom stereocenters. The first-order valence-electron chi connectivity index (χ1n) is 7.74. The molecule has 0 aliphatic rings. The topological polar surface area (TPSA) is 26.7 Å². The standard InChI is InChI=1S/C19H26N2O/c1-16-18(10-7-11-19(16)22)15-21(3)13-12-20(2)14-17-8-5-4-6-9-17/h4-11,22H,12-15H2,1-3H3. The minimum atomic E-state index is 0.382. The van der Waals surface area contributed by atoms with Crippen molar-refractivity contribution in [3.8, 4) is 5.75 Å². The van der Waals surface area contributed by atoms with E-state index in [2.05, 4.69) is 60.3 Å². The van der Waals surface area contributed by atoms with E-state index in [1.807, 2.05) is 13.0 Å². The highest BCUT2D eigenvalue weighted by Crippen LogP contribution is 2.20. The van der Waals surface area contributed by atoms with Crippen molar-refractivity contribution in [2.75, 3.05) is 27.2 Å². The van der Waals surface area contributed by atoms with E-state index in [1.54, 1.807) is 6.07 Å². The maximum absolute atomic E-state index is 9.77. The smallest absolute Gasteiger partial charge is 0.118 e. The number of phenols is 1. The molecule has 0 saturated heterocycles. The first kappa shape index (κ1) is 16.5. The summed E-state index contributed by atoms with van der Waals surface area (Å²) in [5.74, 6) is 0.382. The molecule has 1 N–H and O–H groups in total. The van der Waals surface area contributed by atoms with E-state index in [9.17, 15) is 5.11 Å². The first-order chi connectivity index (χ1) is 10.6. The SMILES string of the molecule is Cc1c(O)cccc1CN(C)CCN(C)Cc1ccccc1.